The summed E-state index contributed by atoms with van der Waals surface area (Å²) in [7, 11) is 0. The van der Waals surface area contributed by atoms with Gasteiger partial charge in [-0.05, 0) is 25.7 Å². The second-order valence-corrected chi connectivity index (χ2v) is 9.71. The van der Waals surface area contributed by atoms with Gasteiger partial charge < -0.3 is 25.3 Å². The zero-order valence-corrected chi connectivity index (χ0v) is 21.8. The number of unbranched alkanes of at least 4 members (excludes halogenated alkanes) is 13. The summed E-state index contributed by atoms with van der Waals surface area (Å²) >= 11 is 0. The minimum Gasteiger partial charge on any atom is -0.379 e. The van der Waals surface area contributed by atoms with Gasteiger partial charge in [0.05, 0.1) is 19.3 Å². The molecule has 1 aliphatic heterocycles. The molecule has 2 unspecified atom stereocenters. The maximum atomic E-state index is 11.9. The van der Waals surface area contributed by atoms with Gasteiger partial charge in [0.1, 0.15) is 6.42 Å². The molecule has 7 heteroatoms. The number of primary amides is 1. The number of ether oxygens (including phenoxy) is 3. The van der Waals surface area contributed by atoms with Gasteiger partial charge in [-0.2, -0.15) is 0 Å². The van der Waals surface area contributed by atoms with Gasteiger partial charge in [0.15, 0.2) is 6.29 Å². The van der Waals surface area contributed by atoms with Crippen molar-refractivity contribution in [2.24, 2.45) is 5.73 Å². The summed E-state index contributed by atoms with van der Waals surface area (Å²) in [6, 6.07) is -0.316. The molecular formula is C27H52N2O5. The summed E-state index contributed by atoms with van der Waals surface area (Å²) in [4.78, 5) is 22.9. The molecule has 34 heavy (non-hydrogen) atoms. The summed E-state index contributed by atoms with van der Waals surface area (Å²) in [6.45, 7) is 4.30. The van der Waals surface area contributed by atoms with E-state index in [0.29, 0.717) is 26.4 Å². The molecule has 0 aliphatic carbocycles. The van der Waals surface area contributed by atoms with Gasteiger partial charge in [-0.25, -0.2) is 0 Å². The minimum atomic E-state index is -0.642. The van der Waals surface area contributed by atoms with Crippen molar-refractivity contribution in [1.29, 1.82) is 0 Å². The number of rotatable bonds is 23. The Hall–Kier alpha value is -1.18. The van der Waals surface area contributed by atoms with Crippen LogP contribution < -0.4 is 11.1 Å². The van der Waals surface area contributed by atoms with Crippen molar-refractivity contribution in [3.8, 4) is 0 Å². The van der Waals surface area contributed by atoms with E-state index in [4.69, 9.17) is 19.9 Å². The largest absolute Gasteiger partial charge is 0.379 e. The predicted molar refractivity (Wildman–Crippen MR) is 136 cm³/mol. The number of carbonyl (C=O) groups is 2. The fourth-order valence-corrected chi connectivity index (χ4v) is 4.26. The molecule has 0 aromatic heterocycles. The monoisotopic (exact) mass is 484 g/mol. The normalized spacial score (nSPS) is 16.9. The van der Waals surface area contributed by atoms with Crippen LogP contribution >= 0.6 is 0 Å². The van der Waals surface area contributed by atoms with E-state index in [1.54, 1.807) is 0 Å². The number of nitrogens with one attached hydrogen (secondary N) is 1. The molecule has 0 aromatic carbocycles. The molecule has 1 heterocycles. The van der Waals surface area contributed by atoms with Crippen LogP contribution in [0.2, 0.25) is 0 Å². The summed E-state index contributed by atoms with van der Waals surface area (Å²) in [5.74, 6) is -1.04. The zero-order chi connectivity index (χ0) is 24.7. The van der Waals surface area contributed by atoms with Crippen LogP contribution in [0.4, 0.5) is 0 Å². The Kier molecular flexibility index (Phi) is 20.2. The third kappa shape index (κ3) is 19.2. The summed E-state index contributed by atoms with van der Waals surface area (Å²) in [5, 5.41) is 2.79. The van der Waals surface area contributed by atoms with Crippen LogP contribution in [0, 0.1) is 0 Å². The first-order valence-corrected chi connectivity index (χ1v) is 14.0. The van der Waals surface area contributed by atoms with Gasteiger partial charge in [0.2, 0.25) is 11.8 Å². The van der Waals surface area contributed by atoms with Crippen molar-refractivity contribution in [3.05, 3.63) is 0 Å². The van der Waals surface area contributed by atoms with Crippen LogP contribution in [0.3, 0.4) is 0 Å². The number of amides is 2. The van der Waals surface area contributed by atoms with E-state index in [9.17, 15) is 9.59 Å². The maximum absolute atomic E-state index is 11.9. The first-order chi connectivity index (χ1) is 16.6. The van der Waals surface area contributed by atoms with Crippen LogP contribution in [0.25, 0.3) is 0 Å². The van der Waals surface area contributed by atoms with Crippen LogP contribution in [-0.4, -0.2) is 50.6 Å². The highest BCUT2D eigenvalue weighted by molar-refractivity contribution is 5.96. The molecule has 1 saturated heterocycles. The van der Waals surface area contributed by atoms with Gasteiger partial charge >= 0.3 is 0 Å². The molecule has 1 aliphatic rings. The quantitative estimate of drug-likeness (QED) is 0.150. The van der Waals surface area contributed by atoms with Crippen LogP contribution in [0.5, 0.6) is 0 Å². The van der Waals surface area contributed by atoms with Crippen molar-refractivity contribution in [2.45, 2.75) is 135 Å². The molecule has 7 nitrogen and oxygen atoms in total. The molecule has 0 aromatic rings. The lowest BCUT2D eigenvalue weighted by molar-refractivity contribution is -0.168. The van der Waals surface area contributed by atoms with E-state index in [2.05, 4.69) is 12.2 Å². The van der Waals surface area contributed by atoms with Gasteiger partial charge in [0, 0.05) is 13.2 Å². The van der Waals surface area contributed by atoms with Crippen LogP contribution in [-0.2, 0) is 23.8 Å². The Morgan fingerprint density at radius 3 is 2.00 bits per heavy atom. The van der Waals surface area contributed by atoms with E-state index in [-0.39, 0.29) is 18.8 Å². The smallest absolute Gasteiger partial charge is 0.229 e. The zero-order valence-electron chi connectivity index (χ0n) is 21.8. The van der Waals surface area contributed by atoms with Crippen molar-refractivity contribution >= 4 is 11.8 Å². The van der Waals surface area contributed by atoms with E-state index in [1.165, 1.54) is 83.5 Å². The number of carbonyl (C=O) groups excluding carboxylic acids is 2. The SMILES string of the molecule is CCCCCCCCCCCCCCCCOCC(COC1CCCCO1)NC(=O)CC(N)=O. The van der Waals surface area contributed by atoms with Gasteiger partial charge in [0.25, 0.3) is 0 Å². The van der Waals surface area contributed by atoms with Gasteiger partial charge in [-0.15, -0.1) is 0 Å². The Bertz CT molecular complexity index is 497. The molecule has 1 rings (SSSR count). The number of hydrogen-bond acceptors (Lipinski definition) is 5. The molecule has 0 bridgehead atoms. The van der Waals surface area contributed by atoms with E-state index in [0.717, 1.165) is 25.7 Å². The Morgan fingerprint density at radius 1 is 0.882 bits per heavy atom. The molecule has 3 N–H and O–H groups in total. The molecule has 1 fully saturated rings. The van der Waals surface area contributed by atoms with Gasteiger partial charge in [-0.1, -0.05) is 90.4 Å². The van der Waals surface area contributed by atoms with Gasteiger partial charge in [-0.3, -0.25) is 9.59 Å². The van der Waals surface area contributed by atoms with Crippen molar-refractivity contribution in [3.63, 3.8) is 0 Å². The first-order valence-electron chi connectivity index (χ1n) is 14.0. The molecule has 2 atom stereocenters. The third-order valence-corrected chi connectivity index (χ3v) is 6.28. The maximum Gasteiger partial charge on any atom is 0.229 e. The molecule has 0 spiro atoms. The standard InChI is InChI=1S/C27H52N2O5/c1-2-3-4-5-6-7-8-9-10-11-12-13-14-16-19-32-22-24(29-26(31)21-25(28)30)23-34-27-18-15-17-20-33-27/h24,27H,2-23H2,1H3,(H2,28,30)(H,29,31). The second kappa shape index (κ2) is 22.3. The predicted octanol–water partition coefficient (Wildman–Crippen LogP) is 5.39. The lowest BCUT2D eigenvalue weighted by Gasteiger charge is -2.26. The summed E-state index contributed by atoms with van der Waals surface area (Å²) in [5.41, 5.74) is 5.12. The topological polar surface area (TPSA) is 99.9 Å². The molecule has 2 amide bonds. The molecular weight excluding hydrogens is 432 g/mol. The lowest BCUT2D eigenvalue weighted by atomic mass is 10.0. The average Bonchev–Trinajstić information content (AvgIpc) is 2.82. The van der Waals surface area contributed by atoms with E-state index >= 15 is 0 Å². The lowest BCUT2D eigenvalue weighted by Crippen LogP contribution is -2.44. The van der Waals surface area contributed by atoms with Crippen LogP contribution in [0.15, 0.2) is 0 Å². The fraction of sp³-hybridized carbons (Fsp3) is 0.926. The highest BCUT2D eigenvalue weighted by Gasteiger charge is 2.19. The average molecular weight is 485 g/mol. The molecule has 200 valence electrons. The number of nitrogens with two attached hydrogens (primary N) is 1. The van der Waals surface area contributed by atoms with E-state index < -0.39 is 11.8 Å². The van der Waals surface area contributed by atoms with Crippen molar-refractivity contribution < 1.29 is 23.8 Å². The van der Waals surface area contributed by atoms with E-state index in [1.807, 2.05) is 0 Å². The first kappa shape index (κ1) is 30.9. The van der Waals surface area contributed by atoms with Crippen molar-refractivity contribution in [1.82, 2.24) is 5.32 Å². The summed E-state index contributed by atoms with van der Waals surface area (Å²) in [6.07, 6.45) is 21.0. The number of hydrogen-bond donors (Lipinski definition) is 2. The second-order valence-electron chi connectivity index (χ2n) is 9.71. The molecule has 0 saturated carbocycles. The highest BCUT2D eigenvalue weighted by Crippen LogP contribution is 2.15. The fourth-order valence-electron chi connectivity index (χ4n) is 4.26. The summed E-state index contributed by atoms with van der Waals surface area (Å²) < 4.78 is 17.2. The Balaban J connectivity index is 2.01. The highest BCUT2D eigenvalue weighted by atomic mass is 16.7. The molecule has 0 radical (unpaired) electrons. The minimum absolute atomic E-state index is 0.227. The Morgan fingerprint density at radius 2 is 1.47 bits per heavy atom. The Labute approximate surface area is 208 Å². The van der Waals surface area contributed by atoms with Crippen molar-refractivity contribution in [2.75, 3.05) is 26.4 Å². The van der Waals surface area contributed by atoms with Crippen LogP contribution in [0.1, 0.15) is 122 Å². The third-order valence-electron chi connectivity index (χ3n) is 6.28.